The maximum absolute atomic E-state index is 12.2. The third kappa shape index (κ3) is 2.16. The van der Waals surface area contributed by atoms with Crippen molar-refractivity contribution in [3.05, 3.63) is 71.8 Å². The molecule has 2 saturated heterocycles. The molecule has 22 heavy (non-hydrogen) atoms. The molecule has 1 amide bonds. The van der Waals surface area contributed by atoms with Crippen molar-refractivity contribution in [3.8, 4) is 0 Å². The van der Waals surface area contributed by atoms with Gasteiger partial charge in [-0.25, -0.2) is 4.79 Å². The molecule has 4 rings (SSSR count). The highest BCUT2D eigenvalue weighted by molar-refractivity contribution is 5.71. The lowest BCUT2D eigenvalue weighted by atomic mass is 9.95. The molecule has 2 aliphatic rings. The van der Waals surface area contributed by atoms with Crippen LogP contribution in [-0.2, 0) is 9.47 Å². The van der Waals surface area contributed by atoms with Crippen molar-refractivity contribution in [2.45, 2.75) is 18.2 Å². The lowest BCUT2D eigenvalue weighted by molar-refractivity contribution is -0.129. The van der Waals surface area contributed by atoms with Crippen LogP contribution in [0.4, 0.5) is 4.79 Å². The number of hydrogen-bond donors (Lipinski definition) is 0. The van der Waals surface area contributed by atoms with E-state index in [4.69, 9.17) is 9.47 Å². The molecule has 112 valence electrons. The van der Waals surface area contributed by atoms with E-state index in [0.29, 0.717) is 13.2 Å². The zero-order valence-electron chi connectivity index (χ0n) is 12.1. The maximum Gasteiger partial charge on any atom is 0.410 e. The molecule has 0 spiro atoms. The Kier molecular flexibility index (Phi) is 3.31. The maximum atomic E-state index is 12.2. The van der Waals surface area contributed by atoms with E-state index in [1.54, 1.807) is 0 Å². The van der Waals surface area contributed by atoms with E-state index in [1.165, 1.54) is 0 Å². The molecule has 4 nitrogen and oxygen atoms in total. The summed E-state index contributed by atoms with van der Waals surface area (Å²) in [5.74, 6) is 0. The fraction of sp³-hybridized carbons (Fsp3) is 0.278. The van der Waals surface area contributed by atoms with E-state index < -0.39 is 0 Å². The summed E-state index contributed by atoms with van der Waals surface area (Å²) in [6.45, 7) is 0.957. The minimum atomic E-state index is -0.247. The van der Waals surface area contributed by atoms with Gasteiger partial charge in [0.25, 0.3) is 0 Å². The highest BCUT2D eigenvalue weighted by atomic mass is 16.6. The number of rotatable bonds is 3. The minimum absolute atomic E-state index is 0.0302. The summed E-state index contributed by atoms with van der Waals surface area (Å²) in [6, 6.07) is 20.1. The van der Waals surface area contributed by atoms with E-state index in [2.05, 4.69) is 0 Å². The Balaban J connectivity index is 1.61. The molecule has 0 N–H and O–H groups in total. The smallest absolute Gasteiger partial charge is 0.410 e. The number of benzene rings is 2. The number of hydrogen-bond acceptors (Lipinski definition) is 3. The number of carbonyl (C=O) groups excluding carboxylic acids is 1. The number of amides is 1. The highest BCUT2D eigenvalue weighted by Crippen LogP contribution is 2.40. The Morgan fingerprint density at radius 3 is 2.09 bits per heavy atom. The molecule has 2 heterocycles. The van der Waals surface area contributed by atoms with Gasteiger partial charge in [-0.3, -0.25) is 4.90 Å². The molecule has 0 unspecified atom stereocenters. The molecule has 2 fully saturated rings. The van der Waals surface area contributed by atoms with Gasteiger partial charge < -0.3 is 9.47 Å². The van der Waals surface area contributed by atoms with Crippen molar-refractivity contribution in [1.82, 2.24) is 4.90 Å². The molecule has 0 aromatic heterocycles. The lowest BCUT2D eigenvalue weighted by Crippen LogP contribution is -2.52. The third-order valence-electron chi connectivity index (χ3n) is 4.38. The molecule has 2 aromatic carbocycles. The molecular formula is C18H17NO3. The van der Waals surface area contributed by atoms with E-state index in [9.17, 15) is 4.79 Å². The summed E-state index contributed by atoms with van der Waals surface area (Å²) >= 11 is 0. The van der Waals surface area contributed by atoms with Crippen LogP contribution in [0.2, 0.25) is 0 Å². The summed E-state index contributed by atoms with van der Waals surface area (Å²) in [4.78, 5) is 14.1. The highest BCUT2D eigenvalue weighted by Gasteiger charge is 2.47. The SMILES string of the molecule is O=C1OC[C@@H](c2ccccc2)N1[C@@H]1CO[C@@H]1c1ccccc1. The van der Waals surface area contributed by atoms with Crippen molar-refractivity contribution in [2.75, 3.05) is 13.2 Å². The van der Waals surface area contributed by atoms with Crippen molar-refractivity contribution in [3.63, 3.8) is 0 Å². The number of nitrogens with zero attached hydrogens (tertiary/aromatic N) is 1. The Hall–Kier alpha value is -2.33. The van der Waals surface area contributed by atoms with Gasteiger partial charge >= 0.3 is 6.09 Å². The predicted molar refractivity (Wildman–Crippen MR) is 81.3 cm³/mol. The van der Waals surface area contributed by atoms with E-state index >= 15 is 0 Å². The Morgan fingerprint density at radius 1 is 0.864 bits per heavy atom. The second-order valence-corrected chi connectivity index (χ2v) is 5.64. The quantitative estimate of drug-likeness (QED) is 0.872. The Bertz CT molecular complexity index is 659. The van der Waals surface area contributed by atoms with Crippen LogP contribution in [0.1, 0.15) is 23.3 Å². The zero-order chi connectivity index (χ0) is 14.9. The molecule has 2 aromatic rings. The van der Waals surface area contributed by atoms with Crippen LogP contribution in [0.15, 0.2) is 60.7 Å². The molecule has 0 saturated carbocycles. The summed E-state index contributed by atoms with van der Waals surface area (Å²) in [6.07, 6.45) is -0.318. The first-order valence-corrected chi connectivity index (χ1v) is 7.51. The van der Waals surface area contributed by atoms with Gasteiger partial charge in [0.05, 0.1) is 18.7 Å². The zero-order valence-corrected chi connectivity index (χ0v) is 12.1. The summed E-state index contributed by atoms with van der Waals surface area (Å²) in [5, 5.41) is 0. The summed E-state index contributed by atoms with van der Waals surface area (Å²) in [5.41, 5.74) is 2.21. The normalized spacial score (nSPS) is 27.4. The molecular weight excluding hydrogens is 278 g/mol. The first kappa shape index (κ1) is 13.3. The van der Waals surface area contributed by atoms with Gasteiger partial charge in [0.2, 0.25) is 0 Å². The van der Waals surface area contributed by atoms with Crippen molar-refractivity contribution < 1.29 is 14.3 Å². The molecule has 4 heteroatoms. The number of carbonyl (C=O) groups is 1. The average Bonchev–Trinajstić information content (AvgIpc) is 2.90. The van der Waals surface area contributed by atoms with Crippen LogP contribution in [0.5, 0.6) is 0 Å². The van der Waals surface area contributed by atoms with E-state index in [-0.39, 0.29) is 24.3 Å². The summed E-state index contributed by atoms with van der Waals surface area (Å²) < 4.78 is 11.0. The number of cyclic esters (lactones) is 1. The van der Waals surface area contributed by atoms with Gasteiger partial charge in [0.1, 0.15) is 12.7 Å². The van der Waals surface area contributed by atoms with Gasteiger partial charge in [0, 0.05) is 0 Å². The first-order valence-electron chi connectivity index (χ1n) is 7.51. The van der Waals surface area contributed by atoms with E-state index in [0.717, 1.165) is 11.1 Å². The minimum Gasteiger partial charge on any atom is -0.447 e. The van der Waals surface area contributed by atoms with Crippen LogP contribution >= 0.6 is 0 Å². The van der Waals surface area contributed by atoms with Gasteiger partial charge in [-0.1, -0.05) is 60.7 Å². The second kappa shape index (κ2) is 5.46. The lowest BCUT2D eigenvalue weighted by Gasteiger charge is -2.43. The van der Waals surface area contributed by atoms with Crippen LogP contribution in [0, 0.1) is 0 Å². The topological polar surface area (TPSA) is 38.8 Å². The third-order valence-corrected chi connectivity index (χ3v) is 4.38. The van der Waals surface area contributed by atoms with Crippen molar-refractivity contribution >= 4 is 6.09 Å². The fourth-order valence-electron chi connectivity index (χ4n) is 3.20. The van der Waals surface area contributed by atoms with Crippen molar-refractivity contribution in [1.29, 1.82) is 0 Å². The second-order valence-electron chi connectivity index (χ2n) is 5.64. The van der Waals surface area contributed by atoms with Crippen LogP contribution < -0.4 is 0 Å². The van der Waals surface area contributed by atoms with Gasteiger partial charge in [-0.2, -0.15) is 0 Å². The Labute approximate surface area is 129 Å². The Morgan fingerprint density at radius 2 is 1.50 bits per heavy atom. The molecule has 3 atom stereocenters. The summed E-state index contributed by atoms with van der Waals surface area (Å²) in [7, 11) is 0. The van der Waals surface area contributed by atoms with Crippen LogP contribution in [0.3, 0.4) is 0 Å². The largest absolute Gasteiger partial charge is 0.447 e. The van der Waals surface area contributed by atoms with Gasteiger partial charge in [-0.05, 0) is 11.1 Å². The molecule has 0 aliphatic carbocycles. The predicted octanol–water partition coefficient (Wildman–Crippen LogP) is 3.32. The standard InChI is InChI=1S/C18H17NO3/c20-18-19(15(11-22-18)13-7-3-1-4-8-13)16-12-21-17(16)14-9-5-2-6-10-14/h1-10,15-17H,11-12H2/t15-,16+,17+/m0/s1. The number of ether oxygens (including phenoxy) is 2. The first-order chi connectivity index (χ1) is 10.8. The van der Waals surface area contributed by atoms with Crippen LogP contribution in [0.25, 0.3) is 0 Å². The van der Waals surface area contributed by atoms with Gasteiger partial charge in [-0.15, -0.1) is 0 Å². The molecule has 0 bridgehead atoms. The molecule has 2 aliphatic heterocycles. The van der Waals surface area contributed by atoms with E-state index in [1.807, 2.05) is 65.6 Å². The fourth-order valence-corrected chi connectivity index (χ4v) is 3.20. The van der Waals surface area contributed by atoms with Gasteiger partial charge in [0.15, 0.2) is 0 Å². The monoisotopic (exact) mass is 295 g/mol. The molecule has 0 radical (unpaired) electrons. The van der Waals surface area contributed by atoms with Crippen molar-refractivity contribution in [2.24, 2.45) is 0 Å². The van der Waals surface area contributed by atoms with Crippen LogP contribution in [-0.4, -0.2) is 30.2 Å². The average molecular weight is 295 g/mol.